The zero-order valence-electron chi connectivity index (χ0n) is 12.3. The summed E-state index contributed by atoms with van der Waals surface area (Å²) in [5.74, 6) is 0. The van der Waals surface area contributed by atoms with Crippen LogP contribution in [0.15, 0.2) is 5.03 Å². The lowest BCUT2D eigenvalue weighted by Crippen LogP contribution is -2.41. The second-order valence-corrected chi connectivity index (χ2v) is 7.03. The molecule has 2 rings (SSSR count). The smallest absolute Gasteiger partial charge is 0.262 e. The maximum absolute atomic E-state index is 12.7. The van der Waals surface area contributed by atoms with E-state index in [0.717, 1.165) is 5.69 Å². The number of ether oxygens (including phenoxy) is 1. The van der Waals surface area contributed by atoms with E-state index in [1.165, 1.54) is 4.31 Å². The summed E-state index contributed by atoms with van der Waals surface area (Å²) in [5, 5.41) is 9.82. The number of aryl methyl sites for hydroxylation is 1. The van der Waals surface area contributed by atoms with Gasteiger partial charge in [-0.25, -0.2) is 8.42 Å². The minimum atomic E-state index is -3.62. The van der Waals surface area contributed by atoms with Crippen LogP contribution in [0.1, 0.15) is 24.6 Å². The maximum atomic E-state index is 12.7. The molecule has 0 spiro atoms. The van der Waals surface area contributed by atoms with Crippen LogP contribution in [0.4, 0.5) is 0 Å². The first-order valence-electron chi connectivity index (χ1n) is 6.67. The number of nitrogens with zero attached hydrogens (tertiary/aromatic N) is 2. The zero-order valence-corrected chi connectivity index (χ0v) is 13.1. The Morgan fingerprint density at radius 3 is 2.80 bits per heavy atom. The molecule has 1 saturated heterocycles. The lowest BCUT2D eigenvalue weighted by molar-refractivity contribution is 0.102. The third-order valence-electron chi connectivity index (χ3n) is 3.82. The summed E-state index contributed by atoms with van der Waals surface area (Å²) < 4.78 is 32.3. The summed E-state index contributed by atoms with van der Waals surface area (Å²) in [6, 6.07) is -0.139. The summed E-state index contributed by atoms with van der Waals surface area (Å²) in [5.41, 5.74) is 1.45. The predicted octanol–water partition coefficient (Wildman–Crippen LogP) is 0.235. The van der Waals surface area contributed by atoms with E-state index in [1.54, 1.807) is 14.1 Å². The van der Waals surface area contributed by atoms with Crippen molar-refractivity contribution in [3.63, 3.8) is 0 Å². The molecule has 8 heteroatoms. The van der Waals surface area contributed by atoms with Gasteiger partial charge in [-0.2, -0.15) is 9.40 Å². The molecule has 1 aromatic rings. The molecule has 0 bridgehead atoms. The quantitative estimate of drug-likeness (QED) is 0.813. The molecule has 0 saturated carbocycles. The molecular formula is C12H22N4O3S. The van der Waals surface area contributed by atoms with Gasteiger partial charge in [-0.05, 0) is 27.3 Å². The Balaban J connectivity index is 2.35. The van der Waals surface area contributed by atoms with Crippen LogP contribution in [0.2, 0.25) is 0 Å². The van der Waals surface area contributed by atoms with Crippen molar-refractivity contribution >= 4 is 10.0 Å². The predicted molar refractivity (Wildman–Crippen MR) is 74.9 cm³/mol. The van der Waals surface area contributed by atoms with E-state index in [2.05, 4.69) is 15.5 Å². The van der Waals surface area contributed by atoms with Gasteiger partial charge in [0.1, 0.15) is 0 Å². The Morgan fingerprint density at radius 1 is 1.55 bits per heavy atom. The number of hydrogen-bond donors (Lipinski definition) is 2. The van der Waals surface area contributed by atoms with Gasteiger partial charge in [-0.1, -0.05) is 0 Å². The van der Waals surface area contributed by atoms with E-state index >= 15 is 0 Å². The molecule has 2 N–H and O–H groups in total. The van der Waals surface area contributed by atoms with Gasteiger partial charge in [0.2, 0.25) is 0 Å². The number of rotatable bonds is 5. The maximum Gasteiger partial charge on any atom is 0.262 e. The molecule has 1 fully saturated rings. The van der Waals surface area contributed by atoms with Crippen LogP contribution < -0.4 is 5.32 Å². The first-order chi connectivity index (χ1) is 9.39. The van der Waals surface area contributed by atoms with Crippen molar-refractivity contribution in [3.05, 3.63) is 11.3 Å². The number of H-pyrrole nitrogens is 1. The van der Waals surface area contributed by atoms with E-state index in [-0.39, 0.29) is 17.2 Å². The number of aromatic nitrogens is 2. The molecule has 114 valence electrons. The van der Waals surface area contributed by atoms with Crippen LogP contribution in [0.5, 0.6) is 0 Å². The van der Waals surface area contributed by atoms with Gasteiger partial charge in [-0.3, -0.25) is 5.10 Å². The van der Waals surface area contributed by atoms with Crippen molar-refractivity contribution in [3.8, 4) is 0 Å². The Kier molecular flexibility index (Phi) is 4.48. The van der Waals surface area contributed by atoms with Crippen molar-refractivity contribution in [2.24, 2.45) is 0 Å². The van der Waals surface area contributed by atoms with Gasteiger partial charge in [-0.15, -0.1) is 0 Å². The van der Waals surface area contributed by atoms with Gasteiger partial charge in [0.25, 0.3) is 10.0 Å². The fourth-order valence-corrected chi connectivity index (χ4v) is 4.14. The number of aromatic amines is 1. The zero-order chi connectivity index (χ0) is 14.9. The molecule has 2 heterocycles. The number of nitrogens with one attached hydrogen (secondary N) is 2. The molecular weight excluding hydrogens is 280 g/mol. The minimum Gasteiger partial charge on any atom is -0.377 e. The molecule has 1 aliphatic heterocycles. The highest BCUT2D eigenvalue weighted by molar-refractivity contribution is 7.89. The molecule has 7 nitrogen and oxygen atoms in total. The lowest BCUT2D eigenvalue weighted by atomic mass is 10.2. The van der Waals surface area contributed by atoms with Crippen LogP contribution in [-0.2, 0) is 21.3 Å². The fourth-order valence-electron chi connectivity index (χ4n) is 2.54. The fraction of sp³-hybridized carbons (Fsp3) is 0.750. The van der Waals surface area contributed by atoms with Gasteiger partial charge in [0.05, 0.1) is 12.1 Å². The number of sulfonamides is 1. The van der Waals surface area contributed by atoms with Crippen LogP contribution in [0.3, 0.4) is 0 Å². The van der Waals surface area contributed by atoms with Crippen LogP contribution in [0, 0.1) is 6.92 Å². The normalized spacial score (nSPS) is 23.6. The van der Waals surface area contributed by atoms with E-state index in [4.69, 9.17) is 4.74 Å². The van der Waals surface area contributed by atoms with Crippen molar-refractivity contribution in [1.82, 2.24) is 19.8 Å². The number of hydrogen-bond acceptors (Lipinski definition) is 5. The second kappa shape index (κ2) is 5.80. The molecule has 1 aromatic heterocycles. The third-order valence-corrected chi connectivity index (χ3v) is 5.67. The monoisotopic (exact) mass is 302 g/mol. The van der Waals surface area contributed by atoms with Crippen LogP contribution >= 0.6 is 0 Å². The average molecular weight is 302 g/mol. The van der Waals surface area contributed by atoms with Gasteiger partial charge in [0, 0.05) is 31.5 Å². The van der Waals surface area contributed by atoms with E-state index < -0.39 is 10.0 Å². The number of likely N-dealkylation sites (N-methyl/N-ethyl adjacent to an activating group) is 1. The average Bonchev–Trinajstić information content (AvgIpc) is 2.97. The highest BCUT2D eigenvalue weighted by atomic mass is 32.2. The Labute approximate surface area is 119 Å². The minimum absolute atomic E-state index is 0.0948. The first kappa shape index (κ1) is 15.4. The summed E-state index contributed by atoms with van der Waals surface area (Å²) in [6.45, 7) is 4.77. The molecule has 2 atom stereocenters. The molecule has 2 unspecified atom stereocenters. The molecule has 1 aliphatic rings. The second-order valence-electron chi connectivity index (χ2n) is 5.12. The largest absolute Gasteiger partial charge is 0.377 e. The SMILES string of the molecule is CNCc1c(S(=O)(=O)N(C)C2CCOC2C)n[nH]c1C. The van der Waals surface area contributed by atoms with E-state index in [9.17, 15) is 8.42 Å². The Hall–Kier alpha value is -0.960. The highest BCUT2D eigenvalue weighted by Crippen LogP contribution is 2.26. The molecule has 0 amide bonds. The first-order valence-corrected chi connectivity index (χ1v) is 8.11. The van der Waals surface area contributed by atoms with Gasteiger partial charge in [0.15, 0.2) is 5.03 Å². The summed E-state index contributed by atoms with van der Waals surface area (Å²) in [4.78, 5) is 0. The van der Waals surface area contributed by atoms with E-state index in [0.29, 0.717) is 25.1 Å². The third kappa shape index (κ3) is 2.60. The van der Waals surface area contributed by atoms with Crippen LogP contribution in [-0.4, -0.2) is 55.8 Å². The molecule has 20 heavy (non-hydrogen) atoms. The summed E-state index contributed by atoms with van der Waals surface area (Å²) in [7, 11) is -0.244. The van der Waals surface area contributed by atoms with Gasteiger partial charge < -0.3 is 10.1 Å². The van der Waals surface area contributed by atoms with Crippen LogP contribution in [0.25, 0.3) is 0 Å². The lowest BCUT2D eigenvalue weighted by Gasteiger charge is -2.25. The summed E-state index contributed by atoms with van der Waals surface area (Å²) in [6.07, 6.45) is 0.615. The van der Waals surface area contributed by atoms with Crippen molar-refractivity contribution in [2.75, 3.05) is 20.7 Å². The summed E-state index contributed by atoms with van der Waals surface area (Å²) >= 11 is 0. The molecule has 0 aliphatic carbocycles. The van der Waals surface area contributed by atoms with Gasteiger partial charge >= 0.3 is 0 Å². The Morgan fingerprint density at radius 2 is 2.25 bits per heavy atom. The van der Waals surface area contributed by atoms with Crippen molar-refractivity contribution in [1.29, 1.82) is 0 Å². The highest BCUT2D eigenvalue weighted by Gasteiger charge is 2.37. The standard InChI is InChI=1S/C12H22N4O3S/c1-8-10(7-13-3)12(15-14-8)20(17,18)16(4)11-5-6-19-9(11)2/h9,11,13H,5-7H2,1-4H3,(H,14,15). The van der Waals surface area contributed by atoms with Crippen molar-refractivity contribution in [2.45, 2.75) is 44.0 Å². The molecule has 0 radical (unpaired) electrons. The molecule has 0 aromatic carbocycles. The van der Waals surface area contributed by atoms with E-state index in [1.807, 2.05) is 13.8 Å². The Bertz CT molecular complexity index is 569. The topological polar surface area (TPSA) is 87.3 Å². The van der Waals surface area contributed by atoms with Crippen molar-refractivity contribution < 1.29 is 13.2 Å².